The van der Waals surface area contributed by atoms with Gasteiger partial charge in [0.1, 0.15) is 5.75 Å². The molecule has 1 atom stereocenters. The van der Waals surface area contributed by atoms with Gasteiger partial charge in [0.15, 0.2) is 0 Å². The lowest BCUT2D eigenvalue weighted by atomic mass is 10.0. The minimum absolute atomic E-state index is 0.0172. The van der Waals surface area contributed by atoms with Gasteiger partial charge in [0.05, 0.1) is 25.4 Å². The number of hydrogen-bond donors (Lipinski definition) is 1. The molecule has 1 N–H and O–H groups in total. The number of aryl methyl sites for hydroxylation is 1. The normalized spacial score (nSPS) is 17.3. The first-order valence-corrected chi connectivity index (χ1v) is 7.68. The van der Waals surface area contributed by atoms with Crippen LogP contribution < -0.4 is 10.1 Å². The maximum absolute atomic E-state index is 12.3. The van der Waals surface area contributed by atoms with E-state index >= 15 is 0 Å². The Hall–Kier alpha value is -2.01. The molecule has 0 radical (unpaired) electrons. The summed E-state index contributed by atoms with van der Waals surface area (Å²) in [7, 11) is 1.88. The quantitative estimate of drug-likeness (QED) is 0.946. The molecule has 116 valence electrons. The summed E-state index contributed by atoms with van der Waals surface area (Å²) in [5, 5.41) is 3.74. The lowest BCUT2D eigenvalue weighted by Crippen LogP contribution is -2.30. The molecule has 1 aliphatic heterocycles. The topological polar surface area (TPSA) is 56.2 Å². The SMILES string of the molecule is Cn1cncc1CC(=O)N[C@@H]1CCCOc2cc(Cl)ccc21. The van der Waals surface area contributed by atoms with E-state index < -0.39 is 0 Å². The summed E-state index contributed by atoms with van der Waals surface area (Å²) in [5.41, 5.74) is 1.87. The molecule has 1 amide bonds. The van der Waals surface area contributed by atoms with Crippen LogP contribution in [0.2, 0.25) is 5.02 Å². The molecule has 1 aromatic carbocycles. The molecule has 0 aliphatic carbocycles. The summed E-state index contributed by atoms with van der Waals surface area (Å²) >= 11 is 6.02. The largest absolute Gasteiger partial charge is 0.493 e. The van der Waals surface area contributed by atoms with Crippen LogP contribution in [0.1, 0.15) is 30.1 Å². The van der Waals surface area contributed by atoms with E-state index in [4.69, 9.17) is 16.3 Å². The van der Waals surface area contributed by atoms with Crippen LogP contribution in [0.4, 0.5) is 0 Å². The van der Waals surface area contributed by atoms with Crippen LogP contribution in [0, 0.1) is 0 Å². The second-order valence-electron chi connectivity index (χ2n) is 5.47. The molecule has 2 aromatic rings. The Bertz CT molecular complexity index is 684. The lowest BCUT2D eigenvalue weighted by molar-refractivity contribution is -0.121. The zero-order chi connectivity index (χ0) is 15.5. The minimum Gasteiger partial charge on any atom is -0.493 e. The van der Waals surface area contributed by atoms with Crippen molar-refractivity contribution in [3.63, 3.8) is 0 Å². The Morgan fingerprint density at radius 1 is 1.55 bits per heavy atom. The fourth-order valence-corrected chi connectivity index (χ4v) is 2.82. The third-order valence-electron chi connectivity index (χ3n) is 3.84. The predicted octanol–water partition coefficient (Wildman–Crippen LogP) is 2.65. The summed E-state index contributed by atoms with van der Waals surface area (Å²) in [5.74, 6) is 0.743. The Kier molecular flexibility index (Phi) is 4.34. The van der Waals surface area contributed by atoms with Gasteiger partial charge in [0, 0.05) is 29.5 Å². The molecule has 3 rings (SSSR count). The van der Waals surface area contributed by atoms with Gasteiger partial charge in [-0.25, -0.2) is 4.98 Å². The van der Waals surface area contributed by atoms with E-state index in [0.717, 1.165) is 29.8 Å². The van der Waals surface area contributed by atoms with Gasteiger partial charge in [-0.1, -0.05) is 17.7 Å². The molecule has 0 spiro atoms. The molecule has 5 nitrogen and oxygen atoms in total. The highest BCUT2D eigenvalue weighted by molar-refractivity contribution is 6.30. The number of fused-ring (bicyclic) bond motifs is 1. The third-order valence-corrected chi connectivity index (χ3v) is 4.07. The number of carbonyl (C=O) groups is 1. The van der Waals surface area contributed by atoms with Crippen LogP contribution in [0.25, 0.3) is 0 Å². The molecular formula is C16H18ClN3O2. The first kappa shape index (κ1) is 14.9. The van der Waals surface area contributed by atoms with Crippen LogP contribution in [0.3, 0.4) is 0 Å². The number of nitrogens with one attached hydrogen (secondary N) is 1. The predicted molar refractivity (Wildman–Crippen MR) is 84.0 cm³/mol. The zero-order valence-electron chi connectivity index (χ0n) is 12.4. The smallest absolute Gasteiger partial charge is 0.226 e. The number of ether oxygens (including phenoxy) is 1. The summed E-state index contributed by atoms with van der Waals surface area (Å²) in [6, 6.07) is 5.52. The molecule has 1 aromatic heterocycles. The third kappa shape index (κ3) is 3.25. The van der Waals surface area contributed by atoms with E-state index in [1.54, 1.807) is 12.5 Å². The van der Waals surface area contributed by atoms with E-state index in [1.165, 1.54) is 0 Å². The van der Waals surface area contributed by atoms with Gasteiger partial charge in [-0.3, -0.25) is 4.79 Å². The van der Waals surface area contributed by atoms with Crippen molar-refractivity contribution >= 4 is 17.5 Å². The summed E-state index contributed by atoms with van der Waals surface area (Å²) in [6.07, 6.45) is 5.47. The highest BCUT2D eigenvalue weighted by atomic mass is 35.5. The number of halogens is 1. The second kappa shape index (κ2) is 6.40. The molecule has 0 fully saturated rings. The number of hydrogen-bond acceptors (Lipinski definition) is 3. The molecule has 0 saturated heterocycles. The summed E-state index contributed by atoms with van der Waals surface area (Å²) in [6.45, 7) is 0.640. The Labute approximate surface area is 134 Å². The molecule has 1 aliphatic rings. The van der Waals surface area contributed by atoms with Gasteiger partial charge < -0.3 is 14.6 Å². The standard InChI is InChI=1S/C16H18ClN3O2/c1-20-10-18-9-12(20)8-16(21)19-14-3-2-6-22-15-7-11(17)4-5-13(14)15/h4-5,7,9-10,14H,2-3,6,8H2,1H3,(H,19,21)/t14-/m1/s1. The van der Waals surface area contributed by atoms with E-state index in [9.17, 15) is 4.79 Å². The number of nitrogens with zero attached hydrogens (tertiary/aromatic N) is 2. The number of carbonyl (C=O) groups excluding carboxylic acids is 1. The highest BCUT2D eigenvalue weighted by Crippen LogP contribution is 2.33. The van der Waals surface area contributed by atoms with Crippen molar-refractivity contribution in [2.45, 2.75) is 25.3 Å². The van der Waals surface area contributed by atoms with Crippen molar-refractivity contribution in [2.75, 3.05) is 6.61 Å². The van der Waals surface area contributed by atoms with Crippen LogP contribution in [0.15, 0.2) is 30.7 Å². The van der Waals surface area contributed by atoms with E-state index in [2.05, 4.69) is 10.3 Å². The highest BCUT2D eigenvalue weighted by Gasteiger charge is 2.22. The zero-order valence-corrected chi connectivity index (χ0v) is 13.1. The number of rotatable bonds is 3. The number of amides is 1. The van der Waals surface area contributed by atoms with E-state index in [0.29, 0.717) is 18.1 Å². The number of aromatic nitrogens is 2. The average Bonchev–Trinajstić information content (AvgIpc) is 2.77. The Balaban J connectivity index is 1.75. The summed E-state index contributed by atoms with van der Waals surface area (Å²) < 4.78 is 7.57. The van der Waals surface area contributed by atoms with Crippen molar-refractivity contribution < 1.29 is 9.53 Å². The maximum atomic E-state index is 12.3. The Morgan fingerprint density at radius 3 is 3.18 bits per heavy atom. The van der Waals surface area contributed by atoms with Crippen molar-refractivity contribution in [2.24, 2.45) is 7.05 Å². The van der Waals surface area contributed by atoms with Gasteiger partial charge >= 0.3 is 0 Å². The first-order chi connectivity index (χ1) is 10.6. The van der Waals surface area contributed by atoms with Crippen LogP contribution in [-0.4, -0.2) is 22.1 Å². The lowest BCUT2D eigenvalue weighted by Gasteiger charge is -2.18. The van der Waals surface area contributed by atoms with Gasteiger partial charge in [-0.15, -0.1) is 0 Å². The molecule has 0 unspecified atom stereocenters. The van der Waals surface area contributed by atoms with Crippen LogP contribution >= 0.6 is 11.6 Å². The fraction of sp³-hybridized carbons (Fsp3) is 0.375. The van der Waals surface area contributed by atoms with Gasteiger partial charge in [-0.2, -0.15) is 0 Å². The van der Waals surface area contributed by atoms with Crippen molar-refractivity contribution in [1.29, 1.82) is 0 Å². The monoisotopic (exact) mass is 319 g/mol. The molecule has 2 heterocycles. The minimum atomic E-state index is -0.0458. The van der Waals surface area contributed by atoms with Crippen LogP contribution in [0.5, 0.6) is 5.75 Å². The molecule has 0 bridgehead atoms. The second-order valence-corrected chi connectivity index (χ2v) is 5.90. The van der Waals surface area contributed by atoms with Crippen molar-refractivity contribution in [1.82, 2.24) is 14.9 Å². The van der Waals surface area contributed by atoms with E-state index in [1.807, 2.05) is 29.8 Å². The van der Waals surface area contributed by atoms with Gasteiger partial charge in [-0.05, 0) is 25.0 Å². The van der Waals surface area contributed by atoms with E-state index in [-0.39, 0.29) is 11.9 Å². The maximum Gasteiger partial charge on any atom is 0.226 e. The molecule has 22 heavy (non-hydrogen) atoms. The Morgan fingerprint density at radius 2 is 2.41 bits per heavy atom. The summed E-state index contributed by atoms with van der Waals surface area (Å²) in [4.78, 5) is 16.3. The number of imidazole rings is 1. The first-order valence-electron chi connectivity index (χ1n) is 7.30. The molecule has 6 heteroatoms. The molecular weight excluding hydrogens is 302 g/mol. The average molecular weight is 320 g/mol. The van der Waals surface area contributed by atoms with Gasteiger partial charge in [0.25, 0.3) is 0 Å². The fourth-order valence-electron chi connectivity index (χ4n) is 2.66. The number of benzene rings is 1. The van der Waals surface area contributed by atoms with Crippen molar-refractivity contribution in [3.8, 4) is 5.75 Å². The van der Waals surface area contributed by atoms with Crippen LogP contribution in [-0.2, 0) is 18.3 Å². The molecule has 0 saturated carbocycles. The van der Waals surface area contributed by atoms with Gasteiger partial charge in [0.2, 0.25) is 5.91 Å². The van der Waals surface area contributed by atoms with Crippen molar-refractivity contribution in [3.05, 3.63) is 47.0 Å².